The predicted molar refractivity (Wildman–Crippen MR) is 121 cm³/mol. The number of rotatable bonds is 6. The Bertz CT molecular complexity index is 1250. The number of aromatic nitrogens is 1. The maximum atomic E-state index is 13.4. The van der Waals surface area contributed by atoms with Crippen LogP contribution < -0.4 is 4.74 Å². The van der Waals surface area contributed by atoms with Crippen molar-refractivity contribution in [1.82, 2.24) is 10.1 Å². The minimum absolute atomic E-state index is 0.0510. The lowest BCUT2D eigenvalue weighted by Gasteiger charge is -2.27. The van der Waals surface area contributed by atoms with E-state index in [9.17, 15) is 13.2 Å². The van der Waals surface area contributed by atoms with Gasteiger partial charge in [-0.15, -0.1) is 0 Å². The fourth-order valence-corrected chi connectivity index (χ4v) is 5.64. The van der Waals surface area contributed by atoms with E-state index in [1.54, 1.807) is 18.1 Å². The smallest absolute Gasteiger partial charge is 0.276 e. The van der Waals surface area contributed by atoms with Crippen LogP contribution in [0.3, 0.4) is 0 Å². The molecule has 1 aliphatic rings. The van der Waals surface area contributed by atoms with Crippen molar-refractivity contribution in [2.75, 3.05) is 18.6 Å². The standard InChI is InChI=1S/C24H26N2O5S/c1-16-7-8-19(11-17(16)2)23-13-22(25-31-23)24(27)26(20-9-10-32(28,29)15-20)14-18-5-4-6-21(12-18)30-3/h4-8,11-13,20H,9-10,14-15H2,1-3H3/t20-/m1/s1. The molecular weight excluding hydrogens is 428 g/mol. The molecule has 32 heavy (non-hydrogen) atoms. The largest absolute Gasteiger partial charge is 0.497 e. The van der Waals surface area contributed by atoms with Crippen molar-refractivity contribution in [2.24, 2.45) is 0 Å². The Morgan fingerprint density at radius 2 is 1.97 bits per heavy atom. The van der Waals surface area contributed by atoms with E-state index in [2.05, 4.69) is 5.16 Å². The first-order valence-electron chi connectivity index (χ1n) is 10.4. The van der Waals surface area contributed by atoms with Gasteiger partial charge in [0.25, 0.3) is 5.91 Å². The lowest BCUT2D eigenvalue weighted by Crippen LogP contribution is -2.40. The van der Waals surface area contributed by atoms with Crippen molar-refractivity contribution in [3.8, 4) is 17.1 Å². The normalized spacial score (nSPS) is 17.3. The summed E-state index contributed by atoms with van der Waals surface area (Å²) in [5, 5.41) is 4.01. The number of sulfone groups is 1. The number of carbonyl (C=O) groups excluding carboxylic acids is 1. The Balaban J connectivity index is 1.64. The summed E-state index contributed by atoms with van der Waals surface area (Å²) >= 11 is 0. The van der Waals surface area contributed by atoms with Crippen LogP contribution >= 0.6 is 0 Å². The molecule has 168 valence electrons. The molecule has 2 aromatic carbocycles. The van der Waals surface area contributed by atoms with Gasteiger partial charge in [-0.25, -0.2) is 8.42 Å². The Morgan fingerprint density at radius 1 is 1.16 bits per heavy atom. The second-order valence-corrected chi connectivity index (χ2v) is 10.4. The molecular formula is C24H26N2O5S. The molecule has 4 rings (SSSR count). The molecule has 1 fully saturated rings. The quantitative estimate of drug-likeness (QED) is 0.563. The second-order valence-electron chi connectivity index (χ2n) is 8.22. The van der Waals surface area contributed by atoms with Gasteiger partial charge in [0.1, 0.15) is 5.75 Å². The summed E-state index contributed by atoms with van der Waals surface area (Å²) in [5.41, 5.74) is 4.12. The zero-order chi connectivity index (χ0) is 22.9. The van der Waals surface area contributed by atoms with Crippen LogP contribution in [-0.2, 0) is 16.4 Å². The molecule has 2 heterocycles. The topological polar surface area (TPSA) is 89.7 Å². The minimum atomic E-state index is -3.17. The average molecular weight is 455 g/mol. The van der Waals surface area contributed by atoms with Crippen molar-refractivity contribution in [2.45, 2.75) is 32.9 Å². The SMILES string of the molecule is COc1cccc(CN(C(=O)c2cc(-c3ccc(C)c(C)c3)on2)[C@@H]2CCS(=O)(=O)C2)c1. The molecule has 1 aliphatic heterocycles. The summed E-state index contributed by atoms with van der Waals surface area (Å²) in [5.74, 6) is 0.842. The summed E-state index contributed by atoms with van der Waals surface area (Å²) in [4.78, 5) is 15.0. The number of aryl methyl sites for hydroxylation is 2. The zero-order valence-corrected chi connectivity index (χ0v) is 19.2. The predicted octanol–water partition coefficient (Wildman–Crippen LogP) is 3.80. The molecule has 7 nitrogen and oxygen atoms in total. The maximum Gasteiger partial charge on any atom is 0.276 e. The van der Waals surface area contributed by atoms with Crippen LogP contribution in [0.2, 0.25) is 0 Å². The molecule has 8 heteroatoms. The lowest BCUT2D eigenvalue weighted by atomic mass is 10.0. The van der Waals surface area contributed by atoms with E-state index >= 15 is 0 Å². The third-order valence-corrected chi connectivity index (χ3v) is 7.67. The van der Waals surface area contributed by atoms with Crippen LogP contribution in [0.5, 0.6) is 5.75 Å². The highest BCUT2D eigenvalue weighted by Crippen LogP contribution is 2.27. The summed E-state index contributed by atoms with van der Waals surface area (Å²) in [6, 6.07) is 14.5. The van der Waals surface area contributed by atoms with Crippen molar-refractivity contribution in [1.29, 1.82) is 0 Å². The van der Waals surface area contributed by atoms with E-state index in [4.69, 9.17) is 9.26 Å². The number of methoxy groups -OCH3 is 1. The molecule has 1 amide bonds. The fraction of sp³-hybridized carbons (Fsp3) is 0.333. The molecule has 0 aliphatic carbocycles. The van der Waals surface area contributed by atoms with E-state index in [1.807, 2.05) is 56.3 Å². The lowest BCUT2D eigenvalue weighted by molar-refractivity contribution is 0.0670. The highest BCUT2D eigenvalue weighted by Gasteiger charge is 2.36. The van der Waals surface area contributed by atoms with Crippen LogP contribution in [0.15, 0.2) is 53.1 Å². The number of carbonyl (C=O) groups is 1. The third-order valence-electron chi connectivity index (χ3n) is 5.92. The van der Waals surface area contributed by atoms with E-state index in [0.717, 1.165) is 22.3 Å². The second kappa shape index (κ2) is 8.78. The highest BCUT2D eigenvalue weighted by atomic mass is 32.2. The average Bonchev–Trinajstić information content (AvgIpc) is 3.40. The van der Waals surface area contributed by atoms with Crippen LogP contribution in [-0.4, -0.2) is 49.0 Å². The van der Waals surface area contributed by atoms with Gasteiger partial charge < -0.3 is 14.2 Å². The Hall–Kier alpha value is -3.13. The van der Waals surface area contributed by atoms with Gasteiger partial charge in [0.05, 0.1) is 18.6 Å². The molecule has 1 aromatic heterocycles. The van der Waals surface area contributed by atoms with Gasteiger partial charge in [-0.1, -0.05) is 29.4 Å². The van der Waals surface area contributed by atoms with Crippen LogP contribution in [0.25, 0.3) is 11.3 Å². The van der Waals surface area contributed by atoms with E-state index in [-0.39, 0.29) is 29.7 Å². The number of hydrogen-bond acceptors (Lipinski definition) is 6. The third kappa shape index (κ3) is 4.70. The molecule has 0 bridgehead atoms. The molecule has 1 atom stereocenters. The number of hydrogen-bond donors (Lipinski definition) is 0. The van der Waals surface area contributed by atoms with E-state index in [0.29, 0.717) is 17.9 Å². The maximum absolute atomic E-state index is 13.4. The summed E-state index contributed by atoms with van der Waals surface area (Å²) in [7, 11) is -1.59. The van der Waals surface area contributed by atoms with Crippen LogP contribution in [0.4, 0.5) is 0 Å². The number of nitrogens with zero attached hydrogens (tertiary/aromatic N) is 2. The van der Waals surface area contributed by atoms with Crippen molar-refractivity contribution in [3.63, 3.8) is 0 Å². The summed E-state index contributed by atoms with van der Waals surface area (Å²) < 4.78 is 35.0. The van der Waals surface area contributed by atoms with Gasteiger partial charge >= 0.3 is 0 Å². The number of amides is 1. The number of ether oxygens (including phenoxy) is 1. The number of benzene rings is 2. The van der Waals surface area contributed by atoms with Crippen LogP contribution in [0.1, 0.15) is 33.6 Å². The van der Waals surface area contributed by atoms with Crippen molar-refractivity contribution < 1.29 is 22.5 Å². The van der Waals surface area contributed by atoms with Gasteiger partial charge in [-0.3, -0.25) is 4.79 Å². The zero-order valence-electron chi connectivity index (χ0n) is 18.4. The molecule has 0 radical (unpaired) electrons. The minimum Gasteiger partial charge on any atom is -0.497 e. The summed E-state index contributed by atoms with van der Waals surface area (Å²) in [6.45, 7) is 4.29. The van der Waals surface area contributed by atoms with E-state index < -0.39 is 15.9 Å². The first kappa shape index (κ1) is 22.1. The monoisotopic (exact) mass is 454 g/mol. The molecule has 0 unspecified atom stereocenters. The Morgan fingerprint density at radius 3 is 2.66 bits per heavy atom. The van der Waals surface area contributed by atoms with E-state index in [1.165, 1.54) is 0 Å². The van der Waals surface area contributed by atoms with Gasteiger partial charge in [0.15, 0.2) is 21.3 Å². The fourth-order valence-electron chi connectivity index (χ4n) is 3.91. The van der Waals surface area contributed by atoms with Crippen molar-refractivity contribution >= 4 is 15.7 Å². The summed E-state index contributed by atoms with van der Waals surface area (Å²) in [6.07, 6.45) is 0.403. The van der Waals surface area contributed by atoms with Crippen LogP contribution in [0, 0.1) is 13.8 Å². The van der Waals surface area contributed by atoms with Gasteiger partial charge in [0.2, 0.25) is 0 Å². The van der Waals surface area contributed by atoms with Gasteiger partial charge in [-0.05, 0) is 55.2 Å². The molecule has 0 N–H and O–H groups in total. The van der Waals surface area contributed by atoms with Gasteiger partial charge in [-0.2, -0.15) is 0 Å². The molecule has 0 spiro atoms. The molecule has 1 saturated heterocycles. The Kier molecular flexibility index (Phi) is 6.06. The Labute approximate surface area is 187 Å². The first-order chi connectivity index (χ1) is 15.3. The van der Waals surface area contributed by atoms with Crippen molar-refractivity contribution in [3.05, 3.63) is 70.9 Å². The van der Waals surface area contributed by atoms with Gasteiger partial charge in [0, 0.05) is 24.2 Å². The molecule has 0 saturated carbocycles. The highest BCUT2D eigenvalue weighted by molar-refractivity contribution is 7.91. The molecule has 3 aromatic rings. The first-order valence-corrected chi connectivity index (χ1v) is 12.3.